The minimum atomic E-state index is -0.544. The van der Waals surface area contributed by atoms with Crippen LogP contribution >= 0.6 is 23.8 Å². The van der Waals surface area contributed by atoms with Crippen molar-refractivity contribution in [2.45, 2.75) is 0 Å². The van der Waals surface area contributed by atoms with Gasteiger partial charge in [-0.1, -0.05) is 11.6 Å². The molecule has 0 atom stereocenters. The molecular weight excluding hydrogens is 291 g/mol. The molecule has 0 spiro atoms. The zero-order valence-electron chi connectivity index (χ0n) is 9.28. The van der Waals surface area contributed by atoms with E-state index in [1.165, 1.54) is 29.1 Å². The lowest BCUT2D eigenvalue weighted by atomic mass is 10.3. The van der Waals surface area contributed by atoms with Gasteiger partial charge in [0.25, 0.3) is 5.56 Å². The van der Waals surface area contributed by atoms with Gasteiger partial charge in [-0.2, -0.15) is 5.10 Å². The van der Waals surface area contributed by atoms with Crippen LogP contribution in [0.4, 0.5) is 4.39 Å². The summed E-state index contributed by atoms with van der Waals surface area (Å²) in [5, 5.41) is 4.57. The fraction of sp³-hybridized carbons (Fsp3) is 0. The van der Waals surface area contributed by atoms with Crippen molar-refractivity contribution in [3.63, 3.8) is 0 Å². The number of hydrogen-bond donors (Lipinski definition) is 2. The van der Waals surface area contributed by atoms with Crippen molar-refractivity contribution in [2.24, 2.45) is 0 Å². The molecule has 2 aromatic heterocycles. The molecule has 2 heterocycles. The van der Waals surface area contributed by atoms with E-state index in [0.717, 1.165) is 0 Å². The standard InChI is InChI=1S/C11H6ClFN4OS/c12-5-1-2-8(7(13)3-5)17-9-6(4-14-17)10(18)16-11(19)15-9/h1-4H,(H2,15,16,18,19). The number of H-pyrrole nitrogens is 2. The summed E-state index contributed by atoms with van der Waals surface area (Å²) in [5.74, 6) is -0.544. The van der Waals surface area contributed by atoms with E-state index in [9.17, 15) is 9.18 Å². The number of aromatic nitrogens is 4. The van der Waals surface area contributed by atoms with Crippen LogP contribution in [0.5, 0.6) is 0 Å². The number of halogens is 2. The molecule has 0 fully saturated rings. The van der Waals surface area contributed by atoms with Crippen LogP contribution in [-0.2, 0) is 0 Å². The van der Waals surface area contributed by atoms with E-state index in [1.807, 2.05) is 0 Å². The molecule has 0 bridgehead atoms. The third kappa shape index (κ3) is 1.96. The Bertz CT molecular complexity index is 898. The zero-order chi connectivity index (χ0) is 13.6. The lowest BCUT2D eigenvalue weighted by Gasteiger charge is -2.04. The van der Waals surface area contributed by atoms with Crippen LogP contribution in [0.15, 0.2) is 29.2 Å². The molecule has 2 N–H and O–H groups in total. The van der Waals surface area contributed by atoms with Crippen molar-refractivity contribution in [1.29, 1.82) is 0 Å². The van der Waals surface area contributed by atoms with Crippen molar-refractivity contribution in [3.05, 3.63) is 50.4 Å². The highest BCUT2D eigenvalue weighted by Crippen LogP contribution is 2.20. The van der Waals surface area contributed by atoms with Gasteiger partial charge in [0.2, 0.25) is 0 Å². The fourth-order valence-corrected chi connectivity index (χ4v) is 2.13. The molecule has 8 heteroatoms. The number of rotatable bonds is 1. The highest BCUT2D eigenvalue weighted by atomic mass is 35.5. The normalized spacial score (nSPS) is 11.1. The molecule has 0 aliphatic carbocycles. The molecule has 0 saturated carbocycles. The first-order valence-electron chi connectivity index (χ1n) is 5.22. The van der Waals surface area contributed by atoms with Gasteiger partial charge in [-0.15, -0.1) is 0 Å². The topological polar surface area (TPSA) is 66.5 Å². The van der Waals surface area contributed by atoms with Gasteiger partial charge in [-0.3, -0.25) is 9.78 Å². The van der Waals surface area contributed by atoms with Gasteiger partial charge >= 0.3 is 0 Å². The van der Waals surface area contributed by atoms with E-state index in [0.29, 0.717) is 11.0 Å². The Kier molecular flexibility index (Phi) is 2.72. The zero-order valence-corrected chi connectivity index (χ0v) is 10.8. The van der Waals surface area contributed by atoms with E-state index < -0.39 is 5.82 Å². The highest BCUT2D eigenvalue weighted by Gasteiger charge is 2.12. The van der Waals surface area contributed by atoms with Gasteiger partial charge in [0.05, 0.1) is 6.20 Å². The van der Waals surface area contributed by atoms with Gasteiger partial charge in [-0.05, 0) is 30.4 Å². The van der Waals surface area contributed by atoms with E-state index in [4.69, 9.17) is 23.8 Å². The van der Waals surface area contributed by atoms with Crippen LogP contribution in [0.25, 0.3) is 16.7 Å². The maximum atomic E-state index is 13.9. The van der Waals surface area contributed by atoms with Crippen molar-refractivity contribution in [1.82, 2.24) is 19.7 Å². The first-order valence-corrected chi connectivity index (χ1v) is 6.00. The molecule has 0 saturated heterocycles. The van der Waals surface area contributed by atoms with E-state index in [2.05, 4.69) is 15.1 Å². The third-order valence-corrected chi connectivity index (χ3v) is 3.05. The van der Waals surface area contributed by atoms with E-state index in [1.54, 1.807) is 0 Å². The smallest absolute Gasteiger partial charge is 0.262 e. The summed E-state index contributed by atoms with van der Waals surface area (Å²) in [6.45, 7) is 0. The Balaban J connectivity index is 2.37. The van der Waals surface area contributed by atoms with Crippen LogP contribution in [0.3, 0.4) is 0 Å². The molecule has 0 radical (unpaired) electrons. The molecule has 5 nitrogen and oxygen atoms in total. The van der Waals surface area contributed by atoms with Gasteiger partial charge in [0, 0.05) is 5.02 Å². The summed E-state index contributed by atoms with van der Waals surface area (Å²) in [5.41, 5.74) is 0.130. The quantitative estimate of drug-likeness (QED) is 0.678. The summed E-state index contributed by atoms with van der Waals surface area (Å²) < 4.78 is 15.3. The van der Waals surface area contributed by atoms with E-state index >= 15 is 0 Å². The second kappa shape index (κ2) is 4.29. The van der Waals surface area contributed by atoms with Gasteiger partial charge in [-0.25, -0.2) is 9.07 Å². The number of fused-ring (bicyclic) bond motifs is 1. The number of hydrogen-bond acceptors (Lipinski definition) is 3. The Morgan fingerprint density at radius 1 is 1.37 bits per heavy atom. The predicted molar refractivity (Wildman–Crippen MR) is 71.8 cm³/mol. The van der Waals surface area contributed by atoms with Gasteiger partial charge < -0.3 is 4.98 Å². The molecule has 19 heavy (non-hydrogen) atoms. The number of benzene rings is 1. The summed E-state index contributed by atoms with van der Waals surface area (Å²) >= 11 is 10.6. The summed E-state index contributed by atoms with van der Waals surface area (Å²) in [6, 6.07) is 4.18. The Morgan fingerprint density at radius 3 is 2.89 bits per heavy atom. The Hall–Kier alpha value is -1.99. The fourth-order valence-electron chi connectivity index (χ4n) is 1.78. The lowest BCUT2D eigenvalue weighted by molar-refractivity contribution is 0.612. The van der Waals surface area contributed by atoms with Crippen LogP contribution in [0.1, 0.15) is 0 Å². The third-order valence-electron chi connectivity index (χ3n) is 2.61. The molecule has 3 aromatic rings. The molecular formula is C11H6ClFN4OS. The molecule has 0 amide bonds. The van der Waals surface area contributed by atoms with Crippen molar-refractivity contribution >= 4 is 34.9 Å². The predicted octanol–water partition coefficient (Wildman–Crippen LogP) is 2.56. The summed E-state index contributed by atoms with van der Waals surface area (Å²) in [4.78, 5) is 16.9. The average molecular weight is 297 g/mol. The number of nitrogens with zero attached hydrogens (tertiary/aromatic N) is 2. The summed E-state index contributed by atoms with van der Waals surface area (Å²) in [6.07, 6.45) is 1.34. The maximum Gasteiger partial charge on any atom is 0.262 e. The second-order valence-corrected chi connectivity index (χ2v) is 4.67. The van der Waals surface area contributed by atoms with Gasteiger partial charge in [0.1, 0.15) is 22.5 Å². The molecule has 1 aromatic carbocycles. The Labute approximate surface area is 115 Å². The lowest BCUT2D eigenvalue weighted by Crippen LogP contribution is -2.08. The van der Waals surface area contributed by atoms with Crippen LogP contribution in [0, 0.1) is 10.6 Å². The number of aromatic amines is 2. The molecule has 0 aliphatic rings. The minimum Gasteiger partial charge on any atom is -0.316 e. The SMILES string of the molecule is O=c1[nH]c(=S)[nH]c2c1cnn2-c1ccc(Cl)cc1F. The molecule has 96 valence electrons. The number of nitrogens with one attached hydrogen (secondary N) is 2. The van der Waals surface area contributed by atoms with Crippen molar-refractivity contribution < 1.29 is 4.39 Å². The second-order valence-electron chi connectivity index (χ2n) is 3.82. The maximum absolute atomic E-state index is 13.9. The monoisotopic (exact) mass is 296 g/mol. The van der Waals surface area contributed by atoms with Gasteiger partial charge in [0.15, 0.2) is 4.77 Å². The average Bonchev–Trinajstić information content (AvgIpc) is 2.73. The summed E-state index contributed by atoms with van der Waals surface area (Å²) in [7, 11) is 0. The van der Waals surface area contributed by atoms with E-state index in [-0.39, 0.29) is 21.0 Å². The largest absolute Gasteiger partial charge is 0.316 e. The van der Waals surface area contributed by atoms with Crippen molar-refractivity contribution in [3.8, 4) is 5.69 Å². The first-order chi connectivity index (χ1) is 9.06. The van der Waals surface area contributed by atoms with Crippen LogP contribution < -0.4 is 5.56 Å². The Morgan fingerprint density at radius 2 is 2.16 bits per heavy atom. The molecule has 0 aliphatic heterocycles. The first kappa shape index (κ1) is 12.1. The molecule has 0 unspecified atom stereocenters. The van der Waals surface area contributed by atoms with Crippen molar-refractivity contribution in [2.75, 3.05) is 0 Å². The highest BCUT2D eigenvalue weighted by molar-refractivity contribution is 7.71. The molecule has 3 rings (SSSR count). The van der Waals surface area contributed by atoms with Crippen LogP contribution in [0.2, 0.25) is 5.02 Å². The minimum absolute atomic E-state index is 0.147. The van der Waals surface area contributed by atoms with Crippen LogP contribution in [-0.4, -0.2) is 19.7 Å².